The third-order valence-electron chi connectivity index (χ3n) is 3.57. The van der Waals surface area contributed by atoms with E-state index in [1.54, 1.807) is 0 Å². The highest BCUT2D eigenvalue weighted by Gasteiger charge is 2.40. The molecular weight excluding hydrogens is 172 g/mol. The molecule has 82 valence electrons. The molecule has 0 unspecified atom stereocenters. The van der Waals surface area contributed by atoms with Crippen molar-refractivity contribution in [3.8, 4) is 0 Å². The molecule has 2 nitrogen and oxygen atoms in total. The largest absolute Gasteiger partial charge is 0.315 e. The maximum atomic E-state index is 3.62. The predicted octanol–water partition coefficient (Wildman–Crippen LogP) is 1.57. The van der Waals surface area contributed by atoms with Gasteiger partial charge in [0.25, 0.3) is 0 Å². The summed E-state index contributed by atoms with van der Waals surface area (Å²) < 4.78 is 0. The van der Waals surface area contributed by atoms with Crippen molar-refractivity contribution in [2.75, 3.05) is 33.7 Å². The summed E-state index contributed by atoms with van der Waals surface area (Å²) in [4.78, 5) is 2.25. The number of rotatable bonds is 7. The van der Waals surface area contributed by atoms with Gasteiger partial charge in [0.15, 0.2) is 0 Å². The van der Waals surface area contributed by atoms with Crippen LogP contribution in [0.4, 0.5) is 0 Å². The molecule has 0 aromatic carbocycles. The minimum Gasteiger partial charge on any atom is -0.315 e. The summed E-state index contributed by atoms with van der Waals surface area (Å²) in [6, 6.07) is 0. The molecule has 0 spiro atoms. The molecule has 2 rings (SSSR count). The Kier molecular flexibility index (Phi) is 3.45. The lowest BCUT2D eigenvalue weighted by molar-refractivity contribution is 0.352. The van der Waals surface area contributed by atoms with Gasteiger partial charge in [0.05, 0.1) is 0 Å². The van der Waals surface area contributed by atoms with Crippen LogP contribution in [0.15, 0.2) is 0 Å². The zero-order valence-corrected chi connectivity index (χ0v) is 9.63. The van der Waals surface area contributed by atoms with Gasteiger partial charge in [0, 0.05) is 13.1 Å². The van der Waals surface area contributed by atoms with Crippen LogP contribution in [0, 0.1) is 17.8 Å². The van der Waals surface area contributed by atoms with E-state index < -0.39 is 0 Å². The summed E-state index contributed by atoms with van der Waals surface area (Å²) in [6.45, 7) is 3.61. The molecule has 0 bridgehead atoms. The van der Waals surface area contributed by atoms with Crippen molar-refractivity contribution < 1.29 is 0 Å². The third kappa shape index (κ3) is 3.25. The van der Waals surface area contributed by atoms with Crippen LogP contribution < -0.4 is 5.32 Å². The molecule has 2 saturated carbocycles. The monoisotopic (exact) mass is 196 g/mol. The number of hydrogen-bond donors (Lipinski definition) is 1. The second kappa shape index (κ2) is 4.63. The SMILES string of the molecule is CN(C)CCNCC(C1CC1)C1CC1. The summed E-state index contributed by atoms with van der Waals surface area (Å²) in [7, 11) is 4.28. The van der Waals surface area contributed by atoms with E-state index in [-0.39, 0.29) is 0 Å². The van der Waals surface area contributed by atoms with E-state index >= 15 is 0 Å². The molecule has 2 aliphatic carbocycles. The Morgan fingerprint density at radius 1 is 1.14 bits per heavy atom. The standard InChI is InChI=1S/C12H24N2/c1-14(2)8-7-13-9-12(10-3-4-10)11-5-6-11/h10-13H,3-9H2,1-2H3. The van der Waals surface area contributed by atoms with Crippen LogP contribution in [0.3, 0.4) is 0 Å². The van der Waals surface area contributed by atoms with Gasteiger partial charge in [-0.3, -0.25) is 0 Å². The first-order chi connectivity index (χ1) is 6.77. The normalized spacial score (nSPS) is 22.3. The summed E-state index contributed by atoms with van der Waals surface area (Å²) in [5.74, 6) is 3.21. The summed E-state index contributed by atoms with van der Waals surface area (Å²) in [6.07, 6.45) is 6.04. The third-order valence-corrected chi connectivity index (χ3v) is 3.57. The van der Waals surface area contributed by atoms with Crippen LogP contribution in [0.5, 0.6) is 0 Å². The lowest BCUT2D eigenvalue weighted by Gasteiger charge is -2.17. The Labute approximate surface area is 88.1 Å². The highest BCUT2D eigenvalue weighted by Crippen LogP contribution is 2.48. The Bertz CT molecular complexity index is 159. The molecule has 0 aliphatic heterocycles. The Hall–Kier alpha value is -0.0800. The van der Waals surface area contributed by atoms with Gasteiger partial charge in [-0.15, -0.1) is 0 Å². The van der Waals surface area contributed by atoms with Gasteiger partial charge in [0.2, 0.25) is 0 Å². The van der Waals surface area contributed by atoms with Crippen LogP contribution in [0.25, 0.3) is 0 Å². The van der Waals surface area contributed by atoms with Crippen molar-refractivity contribution in [3.63, 3.8) is 0 Å². The van der Waals surface area contributed by atoms with Crippen LogP contribution in [0.1, 0.15) is 25.7 Å². The summed E-state index contributed by atoms with van der Waals surface area (Å²) in [5.41, 5.74) is 0. The fourth-order valence-corrected chi connectivity index (χ4v) is 2.34. The van der Waals surface area contributed by atoms with E-state index in [1.807, 2.05) is 0 Å². The molecule has 0 heterocycles. The number of nitrogens with one attached hydrogen (secondary N) is 1. The Morgan fingerprint density at radius 3 is 2.14 bits per heavy atom. The van der Waals surface area contributed by atoms with E-state index in [0.29, 0.717) is 0 Å². The molecule has 14 heavy (non-hydrogen) atoms. The molecule has 0 radical (unpaired) electrons. The first kappa shape index (κ1) is 10.4. The molecule has 0 atom stereocenters. The number of hydrogen-bond acceptors (Lipinski definition) is 2. The summed E-state index contributed by atoms with van der Waals surface area (Å²) >= 11 is 0. The van der Waals surface area contributed by atoms with Crippen molar-refractivity contribution in [2.45, 2.75) is 25.7 Å². The van der Waals surface area contributed by atoms with Crippen LogP contribution >= 0.6 is 0 Å². The molecule has 0 aromatic heterocycles. The molecule has 2 aliphatic rings. The maximum absolute atomic E-state index is 3.62. The van der Waals surface area contributed by atoms with Crippen molar-refractivity contribution in [1.29, 1.82) is 0 Å². The van der Waals surface area contributed by atoms with Gasteiger partial charge in [-0.2, -0.15) is 0 Å². The lowest BCUT2D eigenvalue weighted by atomic mass is 9.98. The quantitative estimate of drug-likeness (QED) is 0.622. The Morgan fingerprint density at radius 2 is 1.71 bits per heavy atom. The zero-order valence-electron chi connectivity index (χ0n) is 9.63. The highest BCUT2D eigenvalue weighted by atomic mass is 15.1. The molecule has 2 fully saturated rings. The van der Waals surface area contributed by atoms with E-state index in [2.05, 4.69) is 24.3 Å². The smallest absolute Gasteiger partial charge is 0.0101 e. The molecular formula is C12H24N2. The van der Waals surface area contributed by atoms with Gasteiger partial charge in [-0.1, -0.05) is 0 Å². The average Bonchev–Trinajstić information content (AvgIpc) is 2.99. The van der Waals surface area contributed by atoms with Gasteiger partial charge in [0.1, 0.15) is 0 Å². The highest BCUT2D eigenvalue weighted by molar-refractivity contribution is 4.92. The lowest BCUT2D eigenvalue weighted by Crippen LogP contribution is -2.31. The fraction of sp³-hybridized carbons (Fsp3) is 1.00. The van der Waals surface area contributed by atoms with Crippen LogP contribution in [-0.4, -0.2) is 38.6 Å². The Balaban J connectivity index is 1.57. The van der Waals surface area contributed by atoms with Crippen LogP contribution in [0.2, 0.25) is 0 Å². The van der Waals surface area contributed by atoms with E-state index in [4.69, 9.17) is 0 Å². The topological polar surface area (TPSA) is 15.3 Å². The van der Waals surface area contributed by atoms with Crippen molar-refractivity contribution >= 4 is 0 Å². The zero-order chi connectivity index (χ0) is 9.97. The maximum Gasteiger partial charge on any atom is 0.0101 e. The van der Waals surface area contributed by atoms with Crippen molar-refractivity contribution in [2.24, 2.45) is 17.8 Å². The molecule has 0 amide bonds. The van der Waals surface area contributed by atoms with E-state index in [9.17, 15) is 0 Å². The molecule has 0 aromatic rings. The molecule has 0 saturated heterocycles. The first-order valence-corrected chi connectivity index (χ1v) is 6.13. The van der Waals surface area contributed by atoms with E-state index in [1.165, 1.54) is 38.8 Å². The summed E-state index contributed by atoms with van der Waals surface area (Å²) in [5, 5.41) is 3.62. The van der Waals surface area contributed by atoms with Gasteiger partial charge >= 0.3 is 0 Å². The number of likely N-dealkylation sites (N-methyl/N-ethyl adjacent to an activating group) is 1. The first-order valence-electron chi connectivity index (χ1n) is 6.13. The van der Waals surface area contributed by atoms with Gasteiger partial charge < -0.3 is 10.2 Å². The number of nitrogens with zero attached hydrogens (tertiary/aromatic N) is 1. The molecule has 1 N–H and O–H groups in total. The minimum atomic E-state index is 1.03. The van der Waals surface area contributed by atoms with Gasteiger partial charge in [-0.25, -0.2) is 0 Å². The average molecular weight is 196 g/mol. The minimum absolute atomic E-state index is 1.03. The fourth-order valence-electron chi connectivity index (χ4n) is 2.34. The predicted molar refractivity (Wildman–Crippen MR) is 60.4 cm³/mol. The van der Waals surface area contributed by atoms with Crippen molar-refractivity contribution in [1.82, 2.24) is 10.2 Å². The van der Waals surface area contributed by atoms with E-state index in [0.717, 1.165) is 24.3 Å². The van der Waals surface area contributed by atoms with Gasteiger partial charge in [-0.05, 0) is 64.1 Å². The second-order valence-corrected chi connectivity index (χ2v) is 5.35. The second-order valence-electron chi connectivity index (χ2n) is 5.35. The molecule has 2 heteroatoms. The van der Waals surface area contributed by atoms with Crippen LogP contribution in [-0.2, 0) is 0 Å². The van der Waals surface area contributed by atoms with Crippen molar-refractivity contribution in [3.05, 3.63) is 0 Å².